The highest BCUT2D eigenvalue weighted by Crippen LogP contribution is 2.23. The Hall–Kier alpha value is -2.62. The van der Waals surface area contributed by atoms with E-state index in [9.17, 15) is 0 Å². The van der Waals surface area contributed by atoms with Crippen molar-refractivity contribution < 1.29 is 0 Å². The Labute approximate surface area is 115 Å². The molecule has 0 fully saturated rings. The van der Waals surface area contributed by atoms with Crippen LogP contribution in [0.1, 0.15) is 17.6 Å². The van der Waals surface area contributed by atoms with Crippen molar-refractivity contribution in [3.8, 4) is 0 Å². The Morgan fingerprint density at radius 1 is 0.750 bits per heavy atom. The quantitative estimate of drug-likeness (QED) is 0.581. The van der Waals surface area contributed by atoms with Gasteiger partial charge in [-0.3, -0.25) is 0 Å². The molecule has 0 saturated carbocycles. The van der Waals surface area contributed by atoms with E-state index in [0.29, 0.717) is 0 Å². The Balaban J connectivity index is 1.80. The van der Waals surface area contributed by atoms with Gasteiger partial charge in [-0.25, -0.2) is 9.97 Å². The highest BCUT2D eigenvalue weighted by atomic mass is 15.0. The number of aromatic nitrogens is 4. The topological polar surface area (TPSA) is 57.4 Å². The summed E-state index contributed by atoms with van der Waals surface area (Å²) in [6, 6.07) is 15.9. The van der Waals surface area contributed by atoms with Crippen molar-refractivity contribution in [3.05, 3.63) is 67.1 Å². The first-order valence-corrected chi connectivity index (χ1v) is 6.53. The summed E-state index contributed by atoms with van der Waals surface area (Å²) in [6.07, 6.45) is 0. The largest absolute Gasteiger partial charge is 0.341 e. The molecule has 2 aromatic carbocycles. The second-order valence-corrected chi connectivity index (χ2v) is 4.83. The van der Waals surface area contributed by atoms with Gasteiger partial charge in [0, 0.05) is 0 Å². The minimum Gasteiger partial charge on any atom is -0.341 e. The van der Waals surface area contributed by atoms with E-state index in [0.717, 1.165) is 33.7 Å². The van der Waals surface area contributed by atoms with Crippen molar-refractivity contribution in [2.24, 2.45) is 0 Å². The van der Waals surface area contributed by atoms with Crippen LogP contribution in [0.3, 0.4) is 0 Å². The van der Waals surface area contributed by atoms with E-state index in [1.165, 1.54) is 0 Å². The average molecular weight is 261 g/mol. The number of hydrogen-bond acceptors (Lipinski definition) is 2. The first kappa shape index (κ1) is 11.2. The van der Waals surface area contributed by atoms with Crippen molar-refractivity contribution in [1.29, 1.82) is 0 Å². The number of hydrogen-bond donors (Lipinski definition) is 2. The lowest BCUT2D eigenvalue weighted by molar-refractivity contribution is 0.855. The fourth-order valence-corrected chi connectivity index (χ4v) is 2.40. The highest BCUT2D eigenvalue weighted by molar-refractivity contribution is 5.76. The van der Waals surface area contributed by atoms with Gasteiger partial charge in [0.1, 0.15) is 11.6 Å². The minimum atomic E-state index is -0.144. The molecular weight excluding hydrogens is 248 g/mol. The maximum absolute atomic E-state index is 4.58. The number of rotatable bonds is 2. The maximum atomic E-state index is 4.58. The maximum Gasteiger partial charge on any atom is 0.117 e. The molecule has 0 atom stereocenters. The normalized spacial score (nSPS) is 11.7. The molecule has 0 aliphatic carbocycles. The molecule has 0 spiro atoms. The van der Waals surface area contributed by atoms with E-state index in [4.69, 9.17) is 0 Å². The molecule has 0 saturated heterocycles. The van der Waals surface area contributed by atoms with E-state index >= 15 is 0 Å². The van der Waals surface area contributed by atoms with Gasteiger partial charge in [-0.15, -0.1) is 0 Å². The molecule has 0 aliphatic heterocycles. The molecule has 0 bridgehead atoms. The fourth-order valence-electron chi connectivity index (χ4n) is 2.40. The number of imidazole rings is 2. The Kier molecular flexibility index (Phi) is 2.36. The van der Waals surface area contributed by atoms with E-state index in [2.05, 4.69) is 26.9 Å². The molecule has 4 aromatic rings. The van der Waals surface area contributed by atoms with Crippen LogP contribution in [0.2, 0.25) is 0 Å². The zero-order chi connectivity index (χ0) is 13.5. The number of benzene rings is 2. The summed E-state index contributed by atoms with van der Waals surface area (Å²) in [6.45, 7) is 4.18. The molecule has 1 radical (unpaired) electrons. The van der Waals surface area contributed by atoms with Gasteiger partial charge in [-0.05, 0) is 31.2 Å². The zero-order valence-electron chi connectivity index (χ0n) is 10.8. The second kappa shape index (κ2) is 4.20. The van der Waals surface area contributed by atoms with Crippen molar-refractivity contribution in [2.75, 3.05) is 0 Å². The van der Waals surface area contributed by atoms with Crippen LogP contribution in [0.5, 0.6) is 0 Å². The van der Waals surface area contributed by atoms with Crippen molar-refractivity contribution in [3.63, 3.8) is 0 Å². The van der Waals surface area contributed by atoms with Gasteiger partial charge in [0.15, 0.2) is 0 Å². The molecule has 0 amide bonds. The number of nitrogens with zero attached hydrogens (tertiary/aromatic N) is 2. The minimum absolute atomic E-state index is 0.144. The second-order valence-electron chi connectivity index (χ2n) is 4.83. The van der Waals surface area contributed by atoms with Crippen LogP contribution in [-0.4, -0.2) is 19.9 Å². The molecule has 97 valence electrons. The van der Waals surface area contributed by atoms with Gasteiger partial charge < -0.3 is 9.97 Å². The predicted octanol–water partition coefficient (Wildman–Crippen LogP) is 3.41. The SMILES string of the molecule is [CH2]C(c1nc2ccccc2[nH]1)c1nc2ccccc2[nH]1. The summed E-state index contributed by atoms with van der Waals surface area (Å²) in [5.41, 5.74) is 3.94. The summed E-state index contributed by atoms with van der Waals surface area (Å²) in [5.74, 6) is 1.50. The molecule has 4 heteroatoms. The average Bonchev–Trinajstić information content (AvgIpc) is 3.10. The Morgan fingerprint density at radius 3 is 1.65 bits per heavy atom. The predicted molar refractivity (Wildman–Crippen MR) is 79.4 cm³/mol. The zero-order valence-corrected chi connectivity index (χ0v) is 10.8. The van der Waals surface area contributed by atoms with Gasteiger partial charge >= 0.3 is 0 Å². The molecule has 0 unspecified atom stereocenters. The molecule has 2 aromatic heterocycles. The monoisotopic (exact) mass is 261 g/mol. The Bertz CT molecular complexity index is 747. The number of nitrogens with one attached hydrogen (secondary N) is 2. The summed E-state index contributed by atoms with van der Waals surface area (Å²) >= 11 is 0. The van der Waals surface area contributed by atoms with Crippen molar-refractivity contribution >= 4 is 22.1 Å². The van der Waals surface area contributed by atoms with Crippen molar-refractivity contribution in [1.82, 2.24) is 19.9 Å². The summed E-state index contributed by atoms with van der Waals surface area (Å²) in [4.78, 5) is 15.8. The van der Waals surface area contributed by atoms with E-state index in [-0.39, 0.29) is 5.92 Å². The molecule has 4 rings (SSSR count). The first-order valence-electron chi connectivity index (χ1n) is 6.53. The summed E-state index contributed by atoms with van der Waals surface area (Å²) in [5, 5.41) is 0. The van der Waals surface area contributed by atoms with Gasteiger partial charge in [0.05, 0.1) is 28.0 Å². The van der Waals surface area contributed by atoms with Crippen LogP contribution < -0.4 is 0 Å². The lowest BCUT2D eigenvalue weighted by Gasteiger charge is -2.03. The third kappa shape index (κ3) is 1.69. The molecule has 2 N–H and O–H groups in total. The van der Waals surface area contributed by atoms with Crippen LogP contribution in [0, 0.1) is 6.92 Å². The molecular formula is C16H13N4. The number of para-hydroxylation sites is 4. The van der Waals surface area contributed by atoms with Gasteiger partial charge in [0.2, 0.25) is 0 Å². The number of fused-ring (bicyclic) bond motifs is 2. The third-order valence-corrected chi connectivity index (χ3v) is 3.48. The molecule has 2 heterocycles. The lowest BCUT2D eigenvalue weighted by Crippen LogP contribution is -2.00. The molecule has 4 nitrogen and oxygen atoms in total. The smallest absolute Gasteiger partial charge is 0.117 e. The first-order chi connectivity index (χ1) is 9.81. The van der Waals surface area contributed by atoms with Crippen LogP contribution in [0.4, 0.5) is 0 Å². The summed E-state index contributed by atoms with van der Waals surface area (Å²) in [7, 11) is 0. The van der Waals surface area contributed by atoms with Gasteiger partial charge in [-0.2, -0.15) is 0 Å². The lowest BCUT2D eigenvalue weighted by atomic mass is 10.1. The molecule has 20 heavy (non-hydrogen) atoms. The van der Waals surface area contributed by atoms with Gasteiger partial charge in [-0.1, -0.05) is 24.3 Å². The van der Waals surface area contributed by atoms with Crippen LogP contribution in [0.15, 0.2) is 48.5 Å². The van der Waals surface area contributed by atoms with E-state index in [1.54, 1.807) is 0 Å². The van der Waals surface area contributed by atoms with E-state index in [1.807, 2.05) is 48.5 Å². The Morgan fingerprint density at radius 2 is 1.20 bits per heavy atom. The standard InChI is InChI=1S/C16H13N4/c1-10(15-17-11-6-2-3-7-12(11)18-15)16-19-13-8-4-5-9-14(13)20-16/h2-10H,1H2,(H,17,18)(H,19,20). The van der Waals surface area contributed by atoms with E-state index < -0.39 is 0 Å². The number of H-pyrrole nitrogens is 2. The van der Waals surface area contributed by atoms with Crippen LogP contribution in [-0.2, 0) is 0 Å². The summed E-state index contributed by atoms with van der Waals surface area (Å²) < 4.78 is 0. The van der Waals surface area contributed by atoms with Crippen LogP contribution in [0.25, 0.3) is 22.1 Å². The fraction of sp³-hybridized carbons (Fsp3) is 0.0625. The highest BCUT2D eigenvalue weighted by Gasteiger charge is 2.16. The third-order valence-electron chi connectivity index (χ3n) is 3.48. The van der Waals surface area contributed by atoms with Crippen molar-refractivity contribution in [2.45, 2.75) is 5.92 Å². The van der Waals surface area contributed by atoms with Crippen LogP contribution >= 0.6 is 0 Å². The van der Waals surface area contributed by atoms with Gasteiger partial charge in [0.25, 0.3) is 0 Å². The molecule has 0 aliphatic rings. The number of aromatic amines is 2.